The van der Waals surface area contributed by atoms with Crippen LogP contribution in [0.15, 0.2) is 53.0 Å². The molecule has 2 aromatic heterocycles. The summed E-state index contributed by atoms with van der Waals surface area (Å²) in [7, 11) is 0. The van der Waals surface area contributed by atoms with Crippen molar-refractivity contribution in [2.24, 2.45) is 0 Å². The molecule has 0 radical (unpaired) electrons. The predicted octanol–water partition coefficient (Wildman–Crippen LogP) is 3.65. The number of aryl methyl sites for hydroxylation is 1. The number of carbonyl (C=O) groups is 1. The first-order chi connectivity index (χ1) is 16.0. The molecular weight excluding hydrogens is 444 g/mol. The lowest BCUT2D eigenvalue weighted by Crippen LogP contribution is -2.32. The molecule has 0 bridgehead atoms. The molecule has 1 saturated heterocycles. The van der Waals surface area contributed by atoms with E-state index >= 15 is 0 Å². The van der Waals surface area contributed by atoms with Gasteiger partial charge in [0.05, 0.1) is 6.10 Å². The number of nitrogens with zero attached hydrogens (tertiary/aromatic N) is 3. The van der Waals surface area contributed by atoms with Gasteiger partial charge in [0.25, 0.3) is 11.5 Å². The smallest absolute Gasteiger partial charge is 0.269 e. The van der Waals surface area contributed by atoms with Crippen LogP contribution in [0, 0.1) is 18.3 Å². The van der Waals surface area contributed by atoms with Gasteiger partial charge in [-0.3, -0.25) is 14.0 Å². The van der Waals surface area contributed by atoms with Crippen molar-refractivity contribution >= 4 is 29.2 Å². The van der Waals surface area contributed by atoms with Crippen molar-refractivity contribution in [2.75, 3.05) is 13.2 Å². The fourth-order valence-corrected chi connectivity index (χ4v) is 3.63. The van der Waals surface area contributed by atoms with E-state index in [2.05, 4.69) is 10.3 Å². The molecule has 1 amide bonds. The SMILES string of the molecule is Cc1cccn2c(=O)c(/C=C(\C#N)C(=O)NC[C@H]3CCCO3)c(Oc3ccc(Cl)cc3)nc12. The van der Waals surface area contributed by atoms with Crippen molar-refractivity contribution in [1.29, 1.82) is 5.26 Å². The molecule has 1 aliphatic rings. The maximum absolute atomic E-state index is 13.3. The number of hydrogen-bond donors (Lipinski definition) is 1. The number of halogens is 1. The van der Waals surface area contributed by atoms with Crippen molar-refractivity contribution in [3.63, 3.8) is 0 Å². The third-order valence-corrected chi connectivity index (χ3v) is 5.50. The van der Waals surface area contributed by atoms with Gasteiger partial charge in [-0.2, -0.15) is 10.2 Å². The van der Waals surface area contributed by atoms with Crippen LogP contribution >= 0.6 is 11.6 Å². The Morgan fingerprint density at radius 2 is 2.18 bits per heavy atom. The van der Waals surface area contributed by atoms with Crippen LogP contribution in [0.25, 0.3) is 11.7 Å². The summed E-state index contributed by atoms with van der Waals surface area (Å²) in [5.74, 6) is -0.212. The van der Waals surface area contributed by atoms with Gasteiger partial charge < -0.3 is 14.8 Å². The Hall–Kier alpha value is -3.67. The lowest BCUT2D eigenvalue weighted by Gasteiger charge is -2.12. The van der Waals surface area contributed by atoms with Crippen LogP contribution in [0.2, 0.25) is 5.02 Å². The van der Waals surface area contributed by atoms with E-state index in [4.69, 9.17) is 21.1 Å². The summed E-state index contributed by atoms with van der Waals surface area (Å²) in [4.78, 5) is 30.4. The van der Waals surface area contributed by atoms with E-state index in [0.29, 0.717) is 29.6 Å². The van der Waals surface area contributed by atoms with E-state index in [1.807, 2.05) is 19.1 Å². The Morgan fingerprint density at radius 1 is 1.39 bits per heavy atom. The molecule has 0 aliphatic carbocycles. The fourth-order valence-electron chi connectivity index (χ4n) is 3.51. The molecule has 9 heteroatoms. The van der Waals surface area contributed by atoms with Crippen molar-refractivity contribution in [3.8, 4) is 17.7 Å². The Kier molecular flexibility index (Phi) is 6.73. The molecule has 1 aliphatic heterocycles. The van der Waals surface area contributed by atoms with Crippen LogP contribution in [0.1, 0.15) is 24.0 Å². The molecule has 168 valence electrons. The molecule has 1 aromatic carbocycles. The van der Waals surface area contributed by atoms with Gasteiger partial charge in [0.15, 0.2) is 0 Å². The molecule has 3 aromatic rings. The molecule has 1 atom stereocenters. The lowest BCUT2D eigenvalue weighted by molar-refractivity contribution is -0.117. The van der Waals surface area contributed by atoms with Crippen LogP contribution in [0.3, 0.4) is 0 Å². The first kappa shape index (κ1) is 22.5. The third-order valence-electron chi connectivity index (χ3n) is 5.25. The molecule has 8 nitrogen and oxygen atoms in total. The van der Waals surface area contributed by atoms with Crippen molar-refractivity contribution < 1.29 is 14.3 Å². The highest BCUT2D eigenvalue weighted by Crippen LogP contribution is 2.26. The number of fused-ring (bicyclic) bond motifs is 1. The standard InChI is InChI=1S/C24H21ClN4O4/c1-15-4-2-10-29-21(15)28-23(33-18-8-6-17(25)7-9-18)20(24(29)31)12-16(13-26)22(30)27-14-19-5-3-11-32-19/h2,4,6-10,12,19H,3,5,11,14H2,1H3,(H,27,30)/b16-12+/t19-/m1/s1. The minimum Gasteiger partial charge on any atom is -0.438 e. The van der Waals surface area contributed by atoms with Gasteiger partial charge in [-0.15, -0.1) is 0 Å². The number of amides is 1. The molecule has 3 heterocycles. The Balaban J connectivity index is 1.75. The van der Waals surface area contributed by atoms with Crippen LogP contribution in [0.4, 0.5) is 0 Å². The largest absolute Gasteiger partial charge is 0.438 e. The molecule has 1 N–H and O–H groups in total. The molecule has 1 fully saturated rings. The van der Waals surface area contributed by atoms with E-state index in [0.717, 1.165) is 18.4 Å². The zero-order valence-electron chi connectivity index (χ0n) is 17.9. The van der Waals surface area contributed by atoms with Crippen LogP contribution < -0.4 is 15.6 Å². The first-order valence-corrected chi connectivity index (χ1v) is 10.8. The minimum atomic E-state index is -0.598. The van der Waals surface area contributed by atoms with Gasteiger partial charge in [0.1, 0.15) is 28.6 Å². The Bertz CT molecular complexity index is 1320. The average Bonchev–Trinajstić information content (AvgIpc) is 3.33. The highest BCUT2D eigenvalue weighted by atomic mass is 35.5. The van der Waals surface area contributed by atoms with Gasteiger partial charge in [0, 0.05) is 24.4 Å². The van der Waals surface area contributed by atoms with Gasteiger partial charge in [-0.25, -0.2) is 0 Å². The Morgan fingerprint density at radius 3 is 2.88 bits per heavy atom. The zero-order valence-corrected chi connectivity index (χ0v) is 18.6. The number of hydrogen-bond acceptors (Lipinski definition) is 6. The number of carbonyl (C=O) groups excluding carboxylic acids is 1. The monoisotopic (exact) mass is 464 g/mol. The van der Waals surface area contributed by atoms with Gasteiger partial charge in [0.2, 0.25) is 5.88 Å². The zero-order chi connectivity index (χ0) is 23.4. The number of ether oxygens (including phenoxy) is 2. The van der Waals surface area contributed by atoms with Gasteiger partial charge in [-0.05, 0) is 61.7 Å². The molecule has 0 unspecified atom stereocenters. The van der Waals surface area contributed by atoms with Crippen molar-refractivity contribution in [3.05, 3.63) is 74.7 Å². The molecule has 33 heavy (non-hydrogen) atoms. The lowest BCUT2D eigenvalue weighted by atomic mass is 10.1. The number of benzene rings is 1. The van der Waals surface area contributed by atoms with E-state index < -0.39 is 11.5 Å². The summed E-state index contributed by atoms with van der Waals surface area (Å²) in [6.07, 6.45) is 4.49. The maximum atomic E-state index is 13.3. The average molecular weight is 465 g/mol. The highest BCUT2D eigenvalue weighted by molar-refractivity contribution is 6.30. The summed E-state index contributed by atoms with van der Waals surface area (Å²) >= 11 is 5.95. The topological polar surface area (TPSA) is 106 Å². The summed E-state index contributed by atoms with van der Waals surface area (Å²) in [5.41, 5.74) is 0.454. The summed E-state index contributed by atoms with van der Waals surface area (Å²) in [5, 5.41) is 12.8. The van der Waals surface area contributed by atoms with E-state index in [9.17, 15) is 14.9 Å². The quantitative estimate of drug-likeness (QED) is 0.441. The third kappa shape index (κ3) is 5.06. The van der Waals surface area contributed by atoms with E-state index in [1.54, 1.807) is 36.5 Å². The van der Waals surface area contributed by atoms with E-state index in [1.165, 1.54) is 10.5 Å². The van der Waals surface area contributed by atoms with Gasteiger partial charge >= 0.3 is 0 Å². The number of rotatable bonds is 6. The number of nitriles is 1. The molecule has 0 spiro atoms. The predicted molar refractivity (Wildman–Crippen MR) is 123 cm³/mol. The van der Waals surface area contributed by atoms with E-state index in [-0.39, 0.29) is 23.1 Å². The number of pyridine rings is 1. The summed E-state index contributed by atoms with van der Waals surface area (Å²) < 4.78 is 12.7. The van der Waals surface area contributed by atoms with Crippen LogP contribution in [-0.4, -0.2) is 34.5 Å². The summed E-state index contributed by atoms with van der Waals surface area (Å²) in [6.45, 7) is 2.77. The number of aromatic nitrogens is 2. The molecule has 0 saturated carbocycles. The Labute approximate surface area is 195 Å². The molecular formula is C24H21ClN4O4. The number of nitrogens with one attached hydrogen (secondary N) is 1. The molecule has 4 rings (SSSR count). The van der Waals surface area contributed by atoms with Gasteiger partial charge in [-0.1, -0.05) is 17.7 Å². The second kappa shape index (κ2) is 9.86. The van der Waals surface area contributed by atoms with Crippen molar-refractivity contribution in [1.82, 2.24) is 14.7 Å². The minimum absolute atomic E-state index is 0.0168. The second-order valence-corrected chi connectivity index (χ2v) is 8.03. The fraction of sp³-hybridized carbons (Fsp3) is 0.250. The maximum Gasteiger partial charge on any atom is 0.269 e. The van der Waals surface area contributed by atoms with Crippen LogP contribution in [-0.2, 0) is 9.53 Å². The normalized spacial score (nSPS) is 15.9. The summed E-state index contributed by atoms with van der Waals surface area (Å²) in [6, 6.07) is 12.0. The van der Waals surface area contributed by atoms with Crippen molar-refractivity contribution in [2.45, 2.75) is 25.9 Å². The first-order valence-electron chi connectivity index (χ1n) is 10.4. The van der Waals surface area contributed by atoms with Crippen LogP contribution in [0.5, 0.6) is 11.6 Å². The highest BCUT2D eigenvalue weighted by Gasteiger charge is 2.20. The second-order valence-electron chi connectivity index (χ2n) is 7.59.